The molecule has 1 amide bonds. The molecular weight excluding hydrogens is 352 g/mol. The Morgan fingerprint density at radius 1 is 1.44 bits per heavy atom. The van der Waals surface area contributed by atoms with Crippen LogP contribution >= 0.6 is 23.1 Å². The van der Waals surface area contributed by atoms with Crippen molar-refractivity contribution in [3.8, 4) is 0 Å². The molecule has 1 fully saturated rings. The van der Waals surface area contributed by atoms with Gasteiger partial charge < -0.3 is 10.1 Å². The summed E-state index contributed by atoms with van der Waals surface area (Å²) in [4.78, 5) is 16.6. The summed E-state index contributed by atoms with van der Waals surface area (Å²) in [5.41, 5.74) is 4.78. The van der Waals surface area contributed by atoms with Gasteiger partial charge in [-0.1, -0.05) is 35.5 Å². The van der Waals surface area contributed by atoms with E-state index in [4.69, 9.17) is 4.74 Å². The lowest BCUT2D eigenvalue weighted by Gasteiger charge is -2.10. The van der Waals surface area contributed by atoms with Crippen molar-refractivity contribution < 1.29 is 9.53 Å². The topological polar surface area (TPSA) is 51.2 Å². The minimum absolute atomic E-state index is 0.0203. The molecule has 6 heteroatoms. The molecule has 3 rings (SSSR count). The second kappa shape index (κ2) is 8.83. The zero-order valence-corrected chi connectivity index (χ0v) is 16.3. The number of hydrogen-bond donors (Lipinski definition) is 1. The highest BCUT2D eigenvalue weighted by Crippen LogP contribution is 2.28. The first-order chi connectivity index (χ1) is 12.1. The van der Waals surface area contributed by atoms with Crippen molar-refractivity contribution in [3.05, 3.63) is 46.0 Å². The summed E-state index contributed by atoms with van der Waals surface area (Å²) in [6.45, 7) is 5.68. The van der Waals surface area contributed by atoms with Crippen molar-refractivity contribution in [1.29, 1.82) is 0 Å². The highest BCUT2D eigenvalue weighted by atomic mass is 32.2. The third-order valence-corrected chi connectivity index (χ3v) is 6.40. The van der Waals surface area contributed by atoms with Crippen molar-refractivity contribution in [1.82, 2.24) is 10.3 Å². The number of hydrogen-bond acceptors (Lipinski definition) is 5. The van der Waals surface area contributed by atoms with E-state index >= 15 is 0 Å². The smallest absolute Gasteiger partial charge is 0.226 e. The maximum Gasteiger partial charge on any atom is 0.226 e. The molecule has 1 aliphatic rings. The molecule has 1 aliphatic heterocycles. The molecule has 4 nitrogen and oxygen atoms in total. The molecular formula is C19H24N2O2S2. The van der Waals surface area contributed by atoms with Crippen molar-refractivity contribution >= 4 is 29.0 Å². The van der Waals surface area contributed by atoms with Gasteiger partial charge in [0.2, 0.25) is 5.91 Å². The van der Waals surface area contributed by atoms with Crippen LogP contribution in [0.1, 0.15) is 35.2 Å². The quantitative estimate of drug-likeness (QED) is 0.745. The highest BCUT2D eigenvalue weighted by molar-refractivity contribution is 8.00. The lowest BCUT2D eigenvalue weighted by molar-refractivity contribution is -0.121. The first kappa shape index (κ1) is 18.4. The predicted molar refractivity (Wildman–Crippen MR) is 103 cm³/mol. The van der Waals surface area contributed by atoms with Gasteiger partial charge in [-0.2, -0.15) is 0 Å². The Labute approximate surface area is 157 Å². The minimum Gasteiger partial charge on any atom is -0.376 e. The highest BCUT2D eigenvalue weighted by Gasteiger charge is 2.16. The third kappa shape index (κ3) is 5.56. The Hall–Kier alpha value is -1.37. The Morgan fingerprint density at radius 2 is 2.32 bits per heavy atom. The Bertz CT molecular complexity index is 724. The monoisotopic (exact) mass is 376 g/mol. The van der Waals surface area contributed by atoms with E-state index in [0.717, 1.165) is 35.2 Å². The molecule has 0 aliphatic carbocycles. The zero-order chi connectivity index (χ0) is 17.6. The van der Waals surface area contributed by atoms with E-state index in [-0.39, 0.29) is 12.0 Å². The molecule has 1 N–H and O–H groups in total. The fraction of sp³-hybridized carbons (Fsp3) is 0.474. The van der Waals surface area contributed by atoms with E-state index < -0.39 is 0 Å². The zero-order valence-electron chi connectivity index (χ0n) is 14.7. The summed E-state index contributed by atoms with van der Waals surface area (Å²) in [7, 11) is 0. The van der Waals surface area contributed by atoms with Crippen molar-refractivity contribution in [2.45, 2.75) is 49.3 Å². The number of nitrogens with one attached hydrogen (secondary N) is 1. The fourth-order valence-electron chi connectivity index (χ4n) is 2.79. The number of amides is 1. The van der Waals surface area contributed by atoms with Gasteiger partial charge in [-0.3, -0.25) is 4.79 Å². The van der Waals surface area contributed by atoms with Gasteiger partial charge in [-0.05, 0) is 37.8 Å². The lowest BCUT2D eigenvalue weighted by Crippen LogP contribution is -2.32. The molecule has 134 valence electrons. The second-order valence-corrected chi connectivity index (χ2v) is 8.52. The summed E-state index contributed by atoms with van der Waals surface area (Å²) in [5.74, 6) is 0.929. The number of aromatic nitrogens is 1. The molecule has 2 aromatic rings. The van der Waals surface area contributed by atoms with Gasteiger partial charge >= 0.3 is 0 Å². The number of benzene rings is 1. The summed E-state index contributed by atoms with van der Waals surface area (Å²) in [6.07, 6.45) is 2.65. The normalized spacial score (nSPS) is 17.0. The molecule has 1 atom stereocenters. The van der Waals surface area contributed by atoms with Gasteiger partial charge in [-0.15, -0.1) is 11.3 Å². The summed E-state index contributed by atoms with van der Waals surface area (Å²) >= 11 is 3.35. The van der Waals surface area contributed by atoms with Crippen molar-refractivity contribution in [2.24, 2.45) is 0 Å². The maximum absolute atomic E-state index is 12.0. The molecule has 1 unspecified atom stereocenters. The number of carbonyl (C=O) groups excluding carboxylic acids is 1. The van der Waals surface area contributed by atoms with Gasteiger partial charge in [0.05, 0.1) is 18.2 Å². The third-order valence-electron chi connectivity index (χ3n) is 4.28. The molecule has 0 saturated carbocycles. The first-order valence-electron chi connectivity index (χ1n) is 8.62. The van der Waals surface area contributed by atoms with E-state index in [1.807, 2.05) is 5.38 Å². The van der Waals surface area contributed by atoms with Crippen LogP contribution in [0.3, 0.4) is 0 Å². The van der Waals surface area contributed by atoms with Crippen molar-refractivity contribution in [2.75, 3.05) is 13.2 Å². The summed E-state index contributed by atoms with van der Waals surface area (Å²) in [6, 6.07) is 6.53. The van der Waals surface area contributed by atoms with Gasteiger partial charge in [0, 0.05) is 24.3 Å². The first-order valence-corrected chi connectivity index (χ1v) is 10.5. The maximum atomic E-state index is 12.0. The van der Waals surface area contributed by atoms with Crippen LogP contribution in [0.15, 0.2) is 27.9 Å². The number of thiazole rings is 1. The van der Waals surface area contributed by atoms with E-state index in [9.17, 15) is 4.79 Å². The number of thioether (sulfide) groups is 1. The van der Waals surface area contributed by atoms with Crippen LogP contribution in [-0.2, 0) is 21.7 Å². The van der Waals surface area contributed by atoms with Crippen LogP contribution in [0, 0.1) is 13.8 Å². The average molecular weight is 377 g/mol. The van der Waals surface area contributed by atoms with E-state index in [1.165, 1.54) is 16.7 Å². The molecule has 25 heavy (non-hydrogen) atoms. The van der Waals surface area contributed by atoms with Crippen LogP contribution in [-0.4, -0.2) is 30.1 Å². The largest absolute Gasteiger partial charge is 0.376 e. The predicted octanol–water partition coefficient (Wildman–Crippen LogP) is 3.89. The number of rotatable bonds is 7. The average Bonchev–Trinajstić information content (AvgIpc) is 3.25. The van der Waals surface area contributed by atoms with Crippen LogP contribution in [0.2, 0.25) is 0 Å². The number of ether oxygens (including phenoxy) is 1. The van der Waals surface area contributed by atoms with Crippen LogP contribution in [0.5, 0.6) is 0 Å². The molecule has 1 aromatic heterocycles. The molecule has 1 saturated heterocycles. The lowest BCUT2D eigenvalue weighted by atomic mass is 10.1. The Morgan fingerprint density at radius 3 is 3.12 bits per heavy atom. The molecule has 0 bridgehead atoms. The standard InChI is InChI=1S/C19H24N2O2S2/c1-13-5-6-14(2)15(8-13)11-24-19-21-16(12-25-19)9-18(22)20-10-17-4-3-7-23-17/h5-6,8,12,17H,3-4,7,9-11H2,1-2H3,(H,20,22). The van der Waals surface area contributed by atoms with Crippen molar-refractivity contribution in [3.63, 3.8) is 0 Å². The van der Waals surface area contributed by atoms with Crippen LogP contribution < -0.4 is 5.32 Å². The van der Waals surface area contributed by atoms with Crippen LogP contribution in [0.4, 0.5) is 0 Å². The Kier molecular flexibility index (Phi) is 6.51. The minimum atomic E-state index is 0.0203. The fourth-order valence-corrected chi connectivity index (χ4v) is 4.70. The van der Waals surface area contributed by atoms with E-state index in [0.29, 0.717) is 13.0 Å². The van der Waals surface area contributed by atoms with Gasteiger partial charge in [0.1, 0.15) is 4.34 Å². The van der Waals surface area contributed by atoms with Crippen LogP contribution in [0.25, 0.3) is 0 Å². The molecule has 1 aromatic carbocycles. The van der Waals surface area contributed by atoms with Gasteiger partial charge in [0.25, 0.3) is 0 Å². The molecule has 0 radical (unpaired) electrons. The number of nitrogens with zero attached hydrogens (tertiary/aromatic N) is 1. The summed E-state index contributed by atoms with van der Waals surface area (Å²) in [5, 5.41) is 4.93. The second-order valence-electron chi connectivity index (χ2n) is 6.44. The SMILES string of the molecule is Cc1ccc(C)c(CSc2nc(CC(=O)NCC3CCCO3)cs2)c1. The molecule has 0 spiro atoms. The summed E-state index contributed by atoms with van der Waals surface area (Å²) < 4.78 is 6.53. The van der Waals surface area contributed by atoms with E-state index in [1.54, 1.807) is 23.1 Å². The number of carbonyl (C=O) groups is 1. The molecule has 2 heterocycles. The van der Waals surface area contributed by atoms with Gasteiger partial charge in [-0.25, -0.2) is 4.98 Å². The Balaban J connectivity index is 1.46. The van der Waals surface area contributed by atoms with Gasteiger partial charge in [0.15, 0.2) is 0 Å². The number of aryl methyl sites for hydroxylation is 2. The van der Waals surface area contributed by atoms with E-state index in [2.05, 4.69) is 42.3 Å².